The van der Waals surface area contributed by atoms with E-state index in [1.807, 2.05) is 6.07 Å². The summed E-state index contributed by atoms with van der Waals surface area (Å²) in [6.07, 6.45) is 1.95. The maximum absolute atomic E-state index is 12.9. The second-order valence-corrected chi connectivity index (χ2v) is 7.54. The van der Waals surface area contributed by atoms with Crippen LogP contribution in [0.1, 0.15) is 22.5 Å². The van der Waals surface area contributed by atoms with Crippen LogP contribution >= 0.6 is 0 Å². The number of nitriles is 1. The van der Waals surface area contributed by atoms with Crippen LogP contribution in [0.25, 0.3) is 0 Å². The molecule has 1 saturated heterocycles. The van der Waals surface area contributed by atoms with Crippen molar-refractivity contribution in [2.45, 2.75) is 11.3 Å². The molecule has 1 aliphatic rings. The van der Waals surface area contributed by atoms with Crippen molar-refractivity contribution in [2.24, 2.45) is 0 Å². The number of nitrogens with zero attached hydrogens (tertiary/aromatic N) is 3. The fourth-order valence-corrected chi connectivity index (χ4v) is 4.43. The third-order valence-corrected chi connectivity index (χ3v) is 6.06. The first-order chi connectivity index (χ1) is 12.0. The summed E-state index contributed by atoms with van der Waals surface area (Å²) in [5.41, 5.74) is 0.121. The van der Waals surface area contributed by atoms with E-state index in [0.29, 0.717) is 19.5 Å². The lowest BCUT2D eigenvalue weighted by Crippen LogP contribution is -2.37. The van der Waals surface area contributed by atoms with Crippen LogP contribution in [0.3, 0.4) is 0 Å². The topological polar surface area (TPSA) is 94.6 Å². The van der Waals surface area contributed by atoms with Gasteiger partial charge in [-0.3, -0.25) is 4.79 Å². The van der Waals surface area contributed by atoms with Crippen molar-refractivity contribution < 1.29 is 17.6 Å². The van der Waals surface area contributed by atoms with Gasteiger partial charge in [0.1, 0.15) is 6.07 Å². The number of sulfonamides is 1. The number of carbonyl (C=O) groups is 1. The molecule has 7 nitrogen and oxygen atoms in total. The predicted molar refractivity (Wildman–Crippen MR) is 89.1 cm³/mol. The lowest BCUT2D eigenvalue weighted by atomic mass is 10.2. The highest BCUT2D eigenvalue weighted by atomic mass is 32.2. The molecule has 25 heavy (non-hydrogen) atoms. The van der Waals surface area contributed by atoms with Crippen molar-refractivity contribution in [1.29, 1.82) is 5.26 Å². The molecule has 0 N–H and O–H groups in total. The van der Waals surface area contributed by atoms with E-state index in [1.54, 1.807) is 29.2 Å². The standard InChI is InChI=1S/C17H17N3O4S/c18-13-14-5-1-2-7-16(14)25(22,23)20-9-4-8-19(10-11-20)17(21)15-6-3-12-24-15/h1-3,5-7,12H,4,8-11H2. The number of rotatable bonds is 3. The van der Waals surface area contributed by atoms with Crippen molar-refractivity contribution in [3.8, 4) is 6.07 Å². The zero-order valence-electron chi connectivity index (χ0n) is 13.5. The Morgan fingerprint density at radius 2 is 1.88 bits per heavy atom. The van der Waals surface area contributed by atoms with Gasteiger partial charge in [-0.15, -0.1) is 0 Å². The molecule has 0 saturated carbocycles. The molecular weight excluding hydrogens is 342 g/mol. The van der Waals surface area contributed by atoms with Crippen molar-refractivity contribution in [2.75, 3.05) is 26.2 Å². The molecule has 0 aliphatic carbocycles. The molecule has 8 heteroatoms. The van der Waals surface area contributed by atoms with Gasteiger partial charge in [0.2, 0.25) is 10.0 Å². The van der Waals surface area contributed by atoms with E-state index in [9.17, 15) is 13.2 Å². The first-order valence-electron chi connectivity index (χ1n) is 7.86. The Balaban J connectivity index is 1.79. The monoisotopic (exact) mass is 359 g/mol. The average molecular weight is 359 g/mol. The first kappa shape index (κ1) is 17.2. The summed E-state index contributed by atoms with van der Waals surface area (Å²) in [6, 6.07) is 11.3. The lowest BCUT2D eigenvalue weighted by molar-refractivity contribution is 0.0732. The van der Waals surface area contributed by atoms with Crippen LogP contribution in [0.5, 0.6) is 0 Å². The second kappa shape index (κ2) is 7.09. The largest absolute Gasteiger partial charge is 0.459 e. The smallest absolute Gasteiger partial charge is 0.289 e. The molecule has 0 bridgehead atoms. The molecule has 1 aromatic heterocycles. The summed E-state index contributed by atoms with van der Waals surface area (Å²) in [5.74, 6) is -0.00666. The van der Waals surface area contributed by atoms with Crippen LogP contribution in [0.15, 0.2) is 52.0 Å². The van der Waals surface area contributed by atoms with Crippen molar-refractivity contribution in [1.82, 2.24) is 9.21 Å². The molecule has 1 amide bonds. The Bertz CT molecular complexity index is 900. The van der Waals surface area contributed by atoms with Gasteiger partial charge in [-0.25, -0.2) is 8.42 Å². The van der Waals surface area contributed by atoms with Crippen molar-refractivity contribution >= 4 is 15.9 Å². The first-order valence-corrected chi connectivity index (χ1v) is 9.30. The van der Waals surface area contributed by atoms with Crippen LogP contribution in [-0.4, -0.2) is 49.7 Å². The maximum atomic E-state index is 12.9. The fraction of sp³-hybridized carbons (Fsp3) is 0.294. The van der Waals surface area contributed by atoms with E-state index in [-0.39, 0.29) is 35.2 Å². The average Bonchev–Trinajstić information content (AvgIpc) is 3.05. The molecule has 2 heterocycles. The van der Waals surface area contributed by atoms with Crippen molar-refractivity contribution in [3.63, 3.8) is 0 Å². The summed E-state index contributed by atoms with van der Waals surface area (Å²) >= 11 is 0. The Hall–Kier alpha value is -2.63. The van der Waals surface area contributed by atoms with E-state index < -0.39 is 10.0 Å². The van der Waals surface area contributed by atoms with E-state index in [4.69, 9.17) is 9.68 Å². The SMILES string of the molecule is N#Cc1ccccc1S(=O)(=O)N1CCCN(C(=O)c2ccco2)CC1. The number of amides is 1. The highest BCUT2D eigenvalue weighted by Gasteiger charge is 2.30. The Morgan fingerprint density at radius 1 is 1.08 bits per heavy atom. The van der Waals surface area contributed by atoms with Crippen LogP contribution in [0.4, 0.5) is 0 Å². The van der Waals surface area contributed by atoms with Crippen LogP contribution < -0.4 is 0 Å². The molecule has 0 unspecified atom stereocenters. The quantitative estimate of drug-likeness (QED) is 0.831. The molecule has 1 fully saturated rings. The van der Waals surface area contributed by atoms with Gasteiger partial charge in [-0.2, -0.15) is 9.57 Å². The lowest BCUT2D eigenvalue weighted by Gasteiger charge is -2.21. The van der Waals surface area contributed by atoms with Gasteiger partial charge in [0, 0.05) is 26.2 Å². The van der Waals surface area contributed by atoms with Crippen LogP contribution in [-0.2, 0) is 10.0 Å². The molecule has 1 aliphatic heterocycles. The second-order valence-electron chi connectivity index (χ2n) is 5.64. The van der Waals surface area contributed by atoms with Gasteiger partial charge in [0.05, 0.1) is 16.7 Å². The third kappa shape index (κ3) is 3.43. The Morgan fingerprint density at radius 3 is 2.60 bits per heavy atom. The summed E-state index contributed by atoms with van der Waals surface area (Å²) in [5, 5.41) is 9.16. The van der Waals surface area contributed by atoms with Crippen LogP contribution in [0, 0.1) is 11.3 Å². The minimum absolute atomic E-state index is 0.00307. The zero-order chi connectivity index (χ0) is 17.9. The number of hydrogen-bond acceptors (Lipinski definition) is 5. The Kier molecular flexibility index (Phi) is 4.88. The van der Waals surface area contributed by atoms with Crippen molar-refractivity contribution in [3.05, 3.63) is 54.0 Å². The highest BCUT2D eigenvalue weighted by Crippen LogP contribution is 2.21. The fourth-order valence-electron chi connectivity index (χ4n) is 2.82. The summed E-state index contributed by atoms with van der Waals surface area (Å²) in [7, 11) is -3.78. The normalized spacial score (nSPS) is 16.2. The minimum Gasteiger partial charge on any atom is -0.459 e. The number of furan rings is 1. The van der Waals surface area contributed by atoms with Crippen LogP contribution in [0.2, 0.25) is 0 Å². The maximum Gasteiger partial charge on any atom is 0.289 e. The highest BCUT2D eigenvalue weighted by molar-refractivity contribution is 7.89. The van der Waals surface area contributed by atoms with Gasteiger partial charge >= 0.3 is 0 Å². The molecule has 130 valence electrons. The van der Waals surface area contributed by atoms with Gasteiger partial charge in [-0.05, 0) is 30.7 Å². The third-order valence-electron chi connectivity index (χ3n) is 4.10. The number of carbonyl (C=O) groups excluding carboxylic acids is 1. The molecule has 0 radical (unpaired) electrons. The van der Waals surface area contributed by atoms with E-state index >= 15 is 0 Å². The zero-order valence-corrected chi connectivity index (χ0v) is 14.3. The molecule has 2 aromatic rings. The van der Waals surface area contributed by atoms with E-state index in [1.165, 1.54) is 22.7 Å². The Labute approximate surface area is 146 Å². The van der Waals surface area contributed by atoms with Gasteiger partial charge < -0.3 is 9.32 Å². The molecule has 0 atom stereocenters. The predicted octanol–water partition coefficient (Wildman–Crippen LogP) is 1.69. The van der Waals surface area contributed by atoms with Gasteiger partial charge in [0.25, 0.3) is 5.91 Å². The van der Waals surface area contributed by atoms with E-state index in [0.717, 1.165) is 0 Å². The number of benzene rings is 1. The molecule has 3 rings (SSSR count). The van der Waals surface area contributed by atoms with E-state index in [2.05, 4.69) is 0 Å². The summed E-state index contributed by atoms with van der Waals surface area (Å²) in [4.78, 5) is 14.0. The minimum atomic E-state index is -3.78. The molecular formula is C17H17N3O4S. The van der Waals surface area contributed by atoms with Gasteiger partial charge in [0.15, 0.2) is 5.76 Å². The molecule has 0 spiro atoms. The van der Waals surface area contributed by atoms with Gasteiger partial charge in [-0.1, -0.05) is 12.1 Å². The summed E-state index contributed by atoms with van der Waals surface area (Å²) < 4.78 is 32.2. The number of hydrogen-bond donors (Lipinski definition) is 0. The summed E-state index contributed by atoms with van der Waals surface area (Å²) in [6.45, 7) is 1.19. The molecule has 1 aromatic carbocycles.